The van der Waals surface area contributed by atoms with Crippen molar-refractivity contribution in [1.29, 1.82) is 0 Å². The minimum absolute atomic E-state index is 0.140. The molecule has 30 heavy (non-hydrogen) atoms. The molecular weight excluding hydrogens is 429 g/mol. The maximum atomic E-state index is 14.4. The summed E-state index contributed by atoms with van der Waals surface area (Å²) in [6, 6.07) is 9.62. The van der Waals surface area contributed by atoms with Gasteiger partial charge in [-0.25, -0.2) is 9.37 Å². The summed E-state index contributed by atoms with van der Waals surface area (Å²) in [5, 5.41) is 8.31. The van der Waals surface area contributed by atoms with Crippen molar-refractivity contribution < 1.29 is 18.4 Å². The van der Waals surface area contributed by atoms with E-state index in [0.717, 1.165) is 16.7 Å². The van der Waals surface area contributed by atoms with E-state index in [2.05, 4.69) is 15.6 Å². The monoisotopic (exact) mass is 443 g/mol. The van der Waals surface area contributed by atoms with Gasteiger partial charge in [0.2, 0.25) is 5.91 Å². The largest absolute Gasteiger partial charge is 0.449 e. The van der Waals surface area contributed by atoms with E-state index >= 15 is 0 Å². The normalized spacial score (nSPS) is 10.9. The molecule has 0 radical (unpaired) electrons. The molecule has 9 heteroatoms. The molecule has 152 valence electrons. The molecule has 2 aromatic carbocycles. The van der Waals surface area contributed by atoms with Crippen LogP contribution < -0.4 is 10.6 Å². The summed E-state index contributed by atoms with van der Waals surface area (Å²) in [4.78, 5) is 28.1. The third-order valence-electron chi connectivity index (χ3n) is 4.41. The SMILES string of the molecule is CC(=O)Nc1ccc(-c2csc(NC(=O)c3oc4c(Cl)cccc4c3C)n2)c(F)c1. The summed E-state index contributed by atoms with van der Waals surface area (Å²) in [6.07, 6.45) is 0. The molecule has 4 rings (SSSR count). The van der Waals surface area contributed by atoms with Crippen LogP contribution in [0.5, 0.6) is 0 Å². The summed E-state index contributed by atoms with van der Waals surface area (Å²) >= 11 is 7.30. The number of hydrogen-bond acceptors (Lipinski definition) is 5. The fraction of sp³-hybridized carbons (Fsp3) is 0.0952. The van der Waals surface area contributed by atoms with Crippen molar-refractivity contribution in [3.63, 3.8) is 0 Å². The molecule has 4 aromatic rings. The lowest BCUT2D eigenvalue weighted by molar-refractivity contribution is -0.114. The van der Waals surface area contributed by atoms with Crippen LogP contribution in [0.4, 0.5) is 15.2 Å². The van der Waals surface area contributed by atoms with Crippen molar-refractivity contribution in [2.45, 2.75) is 13.8 Å². The zero-order valence-corrected chi connectivity index (χ0v) is 17.5. The zero-order chi connectivity index (χ0) is 21.4. The number of hydrogen-bond donors (Lipinski definition) is 2. The van der Waals surface area contributed by atoms with Gasteiger partial charge in [-0.3, -0.25) is 14.9 Å². The highest BCUT2D eigenvalue weighted by Crippen LogP contribution is 2.32. The molecule has 2 N–H and O–H groups in total. The summed E-state index contributed by atoms with van der Waals surface area (Å²) in [7, 11) is 0. The van der Waals surface area contributed by atoms with Crippen molar-refractivity contribution in [3.05, 3.63) is 63.9 Å². The van der Waals surface area contributed by atoms with Gasteiger partial charge in [-0.15, -0.1) is 11.3 Å². The van der Waals surface area contributed by atoms with Gasteiger partial charge >= 0.3 is 0 Å². The maximum absolute atomic E-state index is 14.4. The first-order valence-electron chi connectivity index (χ1n) is 8.85. The minimum atomic E-state index is -0.535. The second-order valence-corrected chi connectivity index (χ2v) is 7.81. The van der Waals surface area contributed by atoms with Crippen LogP contribution >= 0.6 is 22.9 Å². The van der Waals surface area contributed by atoms with Crippen LogP contribution in [0.1, 0.15) is 23.0 Å². The van der Waals surface area contributed by atoms with Gasteiger partial charge in [0.15, 0.2) is 16.5 Å². The Labute approximate surface area is 179 Å². The average molecular weight is 444 g/mol. The first-order chi connectivity index (χ1) is 14.3. The van der Waals surface area contributed by atoms with Gasteiger partial charge in [0, 0.05) is 34.5 Å². The number of halogens is 2. The molecule has 0 spiro atoms. The Morgan fingerprint density at radius 2 is 2.00 bits per heavy atom. The number of nitrogens with zero attached hydrogens (tertiary/aromatic N) is 1. The van der Waals surface area contributed by atoms with Gasteiger partial charge in [-0.1, -0.05) is 23.7 Å². The van der Waals surface area contributed by atoms with Crippen LogP contribution in [-0.2, 0) is 4.79 Å². The molecule has 0 fully saturated rings. The maximum Gasteiger partial charge on any atom is 0.293 e. The quantitative estimate of drug-likeness (QED) is 0.413. The molecule has 0 aliphatic carbocycles. The second-order valence-electron chi connectivity index (χ2n) is 6.54. The van der Waals surface area contributed by atoms with Crippen molar-refractivity contribution in [2.24, 2.45) is 0 Å². The number of benzene rings is 2. The zero-order valence-electron chi connectivity index (χ0n) is 15.9. The van der Waals surface area contributed by atoms with Crippen molar-refractivity contribution >= 4 is 56.5 Å². The molecule has 6 nitrogen and oxygen atoms in total. The van der Waals surface area contributed by atoms with E-state index in [0.29, 0.717) is 32.7 Å². The number of nitrogens with one attached hydrogen (secondary N) is 2. The van der Waals surface area contributed by atoms with E-state index < -0.39 is 11.7 Å². The highest BCUT2D eigenvalue weighted by molar-refractivity contribution is 7.14. The van der Waals surface area contributed by atoms with Crippen LogP contribution in [-0.4, -0.2) is 16.8 Å². The van der Waals surface area contributed by atoms with E-state index in [1.165, 1.54) is 19.1 Å². The second kappa shape index (κ2) is 7.89. The number of para-hydroxylation sites is 1. The molecule has 0 atom stereocenters. The van der Waals surface area contributed by atoms with Crippen molar-refractivity contribution in [1.82, 2.24) is 4.98 Å². The Hall–Kier alpha value is -3.23. The van der Waals surface area contributed by atoms with E-state index in [1.54, 1.807) is 30.5 Å². The molecular formula is C21H15ClFN3O3S. The Bertz CT molecular complexity index is 1300. The number of anilines is 2. The highest BCUT2D eigenvalue weighted by atomic mass is 35.5. The average Bonchev–Trinajstić information content (AvgIpc) is 3.27. The lowest BCUT2D eigenvalue weighted by atomic mass is 10.1. The number of amides is 2. The van der Waals surface area contributed by atoms with Crippen molar-refractivity contribution in [3.8, 4) is 11.3 Å². The van der Waals surface area contributed by atoms with Gasteiger partial charge < -0.3 is 9.73 Å². The van der Waals surface area contributed by atoms with Gasteiger partial charge in [-0.05, 0) is 31.2 Å². The fourth-order valence-electron chi connectivity index (χ4n) is 3.04. The predicted octanol–water partition coefficient (Wildman–Crippen LogP) is 5.87. The Morgan fingerprint density at radius 1 is 1.20 bits per heavy atom. The Kier molecular flexibility index (Phi) is 5.27. The van der Waals surface area contributed by atoms with Crippen LogP contribution in [0.3, 0.4) is 0 Å². The smallest absolute Gasteiger partial charge is 0.293 e. The van der Waals surface area contributed by atoms with E-state index in [1.807, 2.05) is 6.07 Å². The van der Waals surface area contributed by atoms with Gasteiger partial charge in [0.05, 0.1) is 10.7 Å². The van der Waals surface area contributed by atoms with Gasteiger partial charge in [0.1, 0.15) is 5.82 Å². The van der Waals surface area contributed by atoms with E-state index in [4.69, 9.17) is 16.0 Å². The minimum Gasteiger partial charge on any atom is -0.449 e. The Morgan fingerprint density at radius 3 is 2.70 bits per heavy atom. The number of aromatic nitrogens is 1. The molecule has 2 amide bonds. The van der Waals surface area contributed by atoms with Crippen LogP contribution in [0.15, 0.2) is 46.2 Å². The molecule has 0 saturated carbocycles. The Balaban J connectivity index is 1.57. The highest BCUT2D eigenvalue weighted by Gasteiger charge is 2.20. The molecule has 2 aromatic heterocycles. The summed E-state index contributed by atoms with van der Waals surface area (Å²) < 4.78 is 20.1. The topological polar surface area (TPSA) is 84.2 Å². The number of furan rings is 1. The van der Waals surface area contributed by atoms with Crippen LogP contribution in [0, 0.1) is 12.7 Å². The van der Waals surface area contributed by atoms with Gasteiger partial charge in [0.25, 0.3) is 5.91 Å². The lowest BCUT2D eigenvalue weighted by Gasteiger charge is -2.05. The summed E-state index contributed by atoms with van der Waals surface area (Å²) in [5.74, 6) is -1.15. The first-order valence-corrected chi connectivity index (χ1v) is 10.1. The number of carbonyl (C=O) groups is 2. The number of rotatable bonds is 4. The summed E-state index contributed by atoms with van der Waals surface area (Å²) in [5.41, 5.74) is 2.09. The van der Waals surface area contributed by atoms with Crippen LogP contribution in [0.2, 0.25) is 5.02 Å². The molecule has 0 unspecified atom stereocenters. The fourth-order valence-corrected chi connectivity index (χ4v) is 3.96. The van der Waals surface area contributed by atoms with E-state index in [9.17, 15) is 14.0 Å². The third-order valence-corrected chi connectivity index (χ3v) is 5.47. The standard InChI is InChI=1S/C21H15ClFN3O3S/c1-10-13-4-3-5-15(22)19(13)29-18(10)20(28)26-21-25-17(9-30-21)14-7-6-12(8-16(14)23)24-11(2)27/h3-9H,1-2H3,(H,24,27)(H,25,26,28). The molecule has 0 saturated heterocycles. The lowest BCUT2D eigenvalue weighted by Crippen LogP contribution is -2.11. The number of fused-ring (bicyclic) bond motifs is 1. The number of carbonyl (C=O) groups excluding carboxylic acids is 2. The predicted molar refractivity (Wildman–Crippen MR) is 116 cm³/mol. The first kappa shape index (κ1) is 20.1. The molecule has 2 heterocycles. The third kappa shape index (κ3) is 3.79. The van der Waals surface area contributed by atoms with Crippen LogP contribution in [0.25, 0.3) is 22.2 Å². The van der Waals surface area contributed by atoms with Gasteiger partial charge in [-0.2, -0.15) is 0 Å². The molecule has 0 bridgehead atoms. The molecule has 0 aliphatic rings. The number of aryl methyl sites for hydroxylation is 1. The van der Waals surface area contributed by atoms with Crippen molar-refractivity contribution in [2.75, 3.05) is 10.6 Å². The number of thiazole rings is 1. The van der Waals surface area contributed by atoms with E-state index in [-0.39, 0.29) is 17.2 Å². The molecule has 0 aliphatic heterocycles. The summed E-state index contributed by atoms with van der Waals surface area (Å²) in [6.45, 7) is 3.12.